The lowest BCUT2D eigenvalue weighted by atomic mass is 10.00. The number of aromatic nitrogens is 3. The van der Waals surface area contributed by atoms with E-state index in [9.17, 15) is 4.79 Å². The third-order valence-electron chi connectivity index (χ3n) is 4.92. The first-order valence-electron chi connectivity index (χ1n) is 9.04. The van der Waals surface area contributed by atoms with E-state index in [0.717, 1.165) is 44.7 Å². The Hall–Kier alpha value is -3.80. The fraction of sp³-hybridized carbons (Fsp3) is 0.0909. The number of amides is 1. The Morgan fingerprint density at radius 3 is 2.68 bits per heavy atom. The maximum atomic E-state index is 11.6. The third kappa shape index (κ3) is 2.75. The number of nitrogens with zero attached hydrogens (tertiary/aromatic N) is 3. The molecule has 6 nitrogen and oxygen atoms in total. The van der Waals surface area contributed by atoms with Crippen molar-refractivity contribution in [1.29, 1.82) is 0 Å². The van der Waals surface area contributed by atoms with E-state index in [1.165, 1.54) is 0 Å². The molecule has 4 aromatic rings. The maximum absolute atomic E-state index is 11.6. The van der Waals surface area contributed by atoms with Crippen molar-refractivity contribution in [1.82, 2.24) is 15.0 Å². The first-order valence-corrected chi connectivity index (χ1v) is 9.04. The van der Waals surface area contributed by atoms with Crippen molar-refractivity contribution in [2.75, 3.05) is 17.7 Å². The van der Waals surface area contributed by atoms with E-state index < -0.39 is 0 Å². The van der Waals surface area contributed by atoms with E-state index in [1.807, 2.05) is 43.4 Å². The quantitative estimate of drug-likeness (QED) is 0.574. The van der Waals surface area contributed by atoms with Crippen LogP contribution in [0.4, 0.5) is 11.5 Å². The molecule has 6 heteroatoms. The van der Waals surface area contributed by atoms with E-state index in [-0.39, 0.29) is 5.91 Å². The monoisotopic (exact) mass is 367 g/mol. The molecule has 2 aromatic carbocycles. The first kappa shape index (κ1) is 16.4. The van der Waals surface area contributed by atoms with Gasteiger partial charge in [-0.1, -0.05) is 12.1 Å². The first-order chi connectivity index (χ1) is 13.7. The SMILES string of the molecule is CNc1nc(-c2cccnc2)nc2ccc(-c3ccc4c(c3)CC(=O)N4)cc12. The molecule has 28 heavy (non-hydrogen) atoms. The number of carbonyl (C=O) groups excluding carboxylic acids is 1. The molecule has 0 aliphatic carbocycles. The van der Waals surface area contributed by atoms with Gasteiger partial charge in [-0.3, -0.25) is 9.78 Å². The Morgan fingerprint density at radius 1 is 1.00 bits per heavy atom. The fourth-order valence-electron chi connectivity index (χ4n) is 3.53. The third-order valence-corrected chi connectivity index (χ3v) is 4.92. The molecule has 0 atom stereocenters. The summed E-state index contributed by atoms with van der Waals surface area (Å²) in [5, 5.41) is 7.00. The van der Waals surface area contributed by atoms with Gasteiger partial charge >= 0.3 is 0 Å². The highest BCUT2D eigenvalue weighted by atomic mass is 16.1. The van der Waals surface area contributed by atoms with Crippen molar-refractivity contribution in [3.8, 4) is 22.5 Å². The summed E-state index contributed by atoms with van der Waals surface area (Å²) < 4.78 is 0. The molecule has 0 bridgehead atoms. The van der Waals surface area contributed by atoms with Crippen LogP contribution < -0.4 is 10.6 Å². The number of rotatable bonds is 3. The average Bonchev–Trinajstić information content (AvgIpc) is 3.12. The van der Waals surface area contributed by atoms with Gasteiger partial charge in [0, 0.05) is 36.1 Å². The lowest BCUT2D eigenvalue weighted by Gasteiger charge is -2.11. The molecule has 0 saturated carbocycles. The molecule has 0 radical (unpaired) electrons. The summed E-state index contributed by atoms with van der Waals surface area (Å²) in [6, 6.07) is 16.0. The zero-order chi connectivity index (χ0) is 19.1. The van der Waals surface area contributed by atoms with Crippen LogP contribution in [-0.4, -0.2) is 27.9 Å². The largest absolute Gasteiger partial charge is 0.373 e. The minimum absolute atomic E-state index is 0.0412. The standard InChI is InChI=1S/C22H17N5O/c1-23-22-17-10-14(13-4-6-18-16(9-13)11-20(28)25-18)5-7-19(17)26-21(27-22)15-3-2-8-24-12-15/h2-10,12H,11H2,1H3,(H,25,28)(H,23,26,27). The van der Waals surface area contributed by atoms with Gasteiger partial charge in [0.05, 0.1) is 11.9 Å². The van der Waals surface area contributed by atoms with Gasteiger partial charge in [0.25, 0.3) is 0 Å². The predicted molar refractivity (Wildman–Crippen MR) is 110 cm³/mol. The molecule has 0 spiro atoms. The van der Waals surface area contributed by atoms with E-state index in [1.54, 1.807) is 12.4 Å². The second kappa shape index (κ2) is 6.42. The molecule has 5 rings (SSSR count). The van der Waals surface area contributed by atoms with Crippen LogP contribution in [0.5, 0.6) is 0 Å². The summed E-state index contributed by atoms with van der Waals surface area (Å²) in [4.78, 5) is 25.2. The van der Waals surface area contributed by atoms with Crippen LogP contribution in [0.1, 0.15) is 5.56 Å². The summed E-state index contributed by atoms with van der Waals surface area (Å²) in [6.45, 7) is 0. The van der Waals surface area contributed by atoms with Crippen LogP contribution in [-0.2, 0) is 11.2 Å². The number of hydrogen-bond donors (Lipinski definition) is 2. The summed E-state index contributed by atoms with van der Waals surface area (Å²) in [7, 11) is 1.86. The second-order valence-electron chi connectivity index (χ2n) is 6.72. The Balaban J connectivity index is 1.62. The van der Waals surface area contributed by atoms with Crippen molar-refractivity contribution in [3.05, 3.63) is 66.5 Å². The van der Waals surface area contributed by atoms with Gasteiger partial charge in [-0.25, -0.2) is 9.97 Å². The van der Waals surface area contributed by atoms with E-state index in [4.69, 9.17) is 4.98 Å². The highest BCUT2D eigenvalue weighted by Gasteiger charge is 2.18. The fourth-order valence-corrected chi connectivity index (χ4v) is 3.53. The summed E-state index contributed by atoms with van der Waals surface area (Å²) in [5.41, 5.74) is 5.79. The molecule has 136 valence electrons. The van der Waals surface area contributed by atoms with Gasteiger partial charge in [0.15, 0.2) is 5.82 Å². The van der Waals surface area contributed by atoms with E-state index in [0.29, 0.717) is 12.2 Å². The highest BCUT2D eigenvalue weighted by Crippen LogP contribution is 2.32. The minimum Gasteiger partial charge on any atom is -0.373 e. The Bertz CT molecular complexity index is 1220. The van der Waals surface area contributed by atoms with Crippen LogP contribution in [0.25, 0.3) is 33.4 Å². The summed E-state index contributed by atoms with van der Waals surface area (Å²) in [5.74, 6) is 1.45. The lowest BCUT2D eigenvalue weighted by molar-refractivity contribution is -0.115. The number of hydrogen-bond acceptors (Lipinski definition) is 5. The predicted octanol–water partition coefficient (Wildman–Crippen LogP) is 3.90. The van der Waals surface area contributed by atoms with Crippen molar-refractivity contribution in [3.63, 3.8) is 0 Å². The number of nitrogens with one attached hydrogen (secondary N) is 2. The van der Waals surface area contributed by atoms with E-state index in [2.05, 4.69) is 32.7 Å². The molecule has 2 N–H and O–H groups in total. The Morgan fingerprint density at radius 2 is 1.86 bits per heavy atom. The summed E-state index contributed by atoms with van der Waals surface area (Å²) >= 11 is 0. The topological polar surface area (TPSA) is 79.8 Å². The number of carbonyl (C=O) groups is 1. The molecular formula is C22H17N5O. The van der Waals surface area contributed by atoms with Crippen LogP contribution in [0.2, 0.25) is 0 Å². The molecule has 0 unspecified atom stereocenters. The molecule has 3 heterocycles. The van der Waals surface area contributed by atoms with Crippen molar-refractivity contribution < 1.29 is 4.79 Å². The zero-order valence-electron chi connectivity index (χ0n) is 15.2. The van der Waals surface area contributed by atoms with Crippen molar-refractivity contribution in [2.45, 2.75) is 6.42 Å². The van der Waals surface area contributed by atoms with Gasteiger partial charge in [-0.15, -0.1) is 0 Å². The van der Waals surface area contributed by atoms with Gasteiger partial charge in [0.2, 0.25) is 5.91 Å². The zero-order valence-corrected chi connectivity index (χ0v) is 15.2. The van der Waals surface area contributed by atoms with Gasteiger partial charge in [0.1, 0.15) is 5.82 Å². The summed E-state index contributed by atoms with van der Waals surface area (Å²) in [6.07, 6.45) is 3.92. The number of anilines is 2. The smallest absolute Gasteiger partial charge is 0.228 e. The molecular weight excluding hydrogens is 350 g/mol. The number of benzene rings is 2. The minimum atomic E-state index is 0.0412. The normalized spacial score (nSPS) is 12.7. The van der Waals surface area contributed by atoms with Crippen molar-refractivity contribution >= 4 is 28.3 Å². The van der Waals surface area contributed by atoms with Crippen molar-refractivity contribution in [2.24, 2.45) is 0 Å². The van der Waals surface area contributed by atoms with Gasteiger partial charge in [-0.05, 0) is 53.1 Å². The molecule has 2 aromatic heterocycles. The van der Waals surface area contributed by atoms with Crippen LogP contribution in [0.15, 0.2) is 60.9 Å². The molecule has 1 aliphatic heterocycles. The number of pyridine rings is 1. The Labute approximate surface area is 161 Å². The molecule has 0 fully saturated rings. The average molecular weight is 367 g/mol. The number of fused-ring (bicyclic) bond motifs is 2. The molecule has 1 aliphatic rings. The highest BCUT2D eigenvalue weighted by molar-refractivity contribution is 6.00. The Kier molecular flexibility index (Phi) is 3.76. The van der Waals surface area contributed by atoms with E-state index >= 15 is 0 Å². The maximum Gasteiger partial charge on any atom is 0.228 e. The van der Waals surface area contributed by atoms with Crippen LogP contribution in [0.3, 0.4) is 0 Å². The second-order valence-corrected chi connectivity index (χ2v) is 6.72. The van der Waals surface area contributed by atoms with Gasteiger partial charge in [-0.2, -0.15) is 0 Å². The molecule has 0 saturated heterocycles. The van der Waals surface area contributed by atoms with Crippen LogP contribution in [0, 0.1) is 0 Å². The van der Waals surface area contributed by atoms with Crippen LogP contribution >= 0.6 is 0 Å². The lowest BCUT2D eigenvalue weighted by Crippen LogP contribution is -2.03. The van der Waals surface area contributed by atoms with Gasteiger partial charge < -0.3 is 10.6 Å². The molecule has 1 amide bonds.